The van der Waals surface area contributed by atoms with Crippen molar-refractivity contribution in [2.75, 3.05) is 13.2 Å². The Morgan fingerprint density at radius 1 is 1.47 bits per heavy atom. The van der Waals surface area contributed by atoms with Crippen molar-refractivity contribution in [3.05, 3.63) is 18.5 Å². The molecule has 1 fully saturated rings. The molecule has 1 aromatic heterocycles. The predicted octanol–water partition coefficient (Wildman–Crippen LogP) is 0.552. The van der Waals surface area contributed by atoms with Crippen LogP contribution >= 0.6 is 0 Å². The smallest absolute Gasteiger partial charge is 0.241 e. The van der Waals surface area contributed by atoms with Gasteiger partial charge in [0, 0.05) is 24.4 Å². The lowest BCUT2D eigenvalue weighted by atomic mass is 9.87. The fourth-order valence-corrected chi connectivity index (χ4v) is 2.40. The van der Waals surface area contributed by atoms with Gasteiger partial charge in [-0.15, -0.1) is 0 Å². The minimum absolute atomic E-state index is 0.0478. The van der Waals surface area contributed by atoms with Crippen molar-refractivity contribution in [1.82, 2.24) is 15.1 Å². The van der Waals surface area contributed by atoms with Gasteiger partial charge in [0.2, 0.25) is 5.91 Å². The molecule has 0 unspecified atom stereocenters. The van der Waals surface area contributed by atoms with Crippen molar-refractivity contribution in [2.45, 2.75) is 32.2 Å². The van der Waals surface area contributed by atoms with Gasteiger partial charge in [-0.3, -0.25) is 9.48 Å². The summed E-state index contributed by atoms with van der Waals surface area (Å²) < 4.78 is 1.59. The Bertz CT molecular complexity index is 356. The van der Waals surface area contributed by atoms with E-state index in [-0.39, 0.29) is 24.5 Å². The maximum Gasteiger partial charge on any atom is 0.241 e. The van der Waals surface area contributed by atoms with Crippen molar-refractivity contribution in [3.8, 4) is 0 Å². The van der Waals surface area contributed by atoms with Crippen LogP contribution in [0.3, 0.4) is 0 Å². The van der Waals surface area contributed by atoms with E-state index in [0.29, 0.717) is 6.54 Å². The highest BCUT2D eigenvalue weighted by Crippen LogP contribution is 2.36. The van der Waals surface area contributed by atoms with Crippen molar-refractivity contribution < 1.29 is 9.90 Å². The summed E-state index contributed by atoms with van der Waals surface area (Å²) in [6.45, 7) is 0.979. The first-order valence-corrected chi connectivity index (χ1v) is 6.09. The molecule has 1 amide bonds. The third kappa shape index (κ3) is 3.06. The standard InChI is InChI=1S/C12H19N3O2/c16-10-12(4-1-2-5-12)9-13-11(17)8-15-7-3-6-14-15/h3,6-7,16H,1-2,4-5,8-10H2,(H,13,17). The second-order valence-electron chi connectivity index (χ2n) is 4.85. The van der Waals surface area contributed by atoms with Crippen LogP contribution in [0.5, 0.6) is 0 Å². The highest BCUT2D eigenvalue weighted by atomic mass is 16.3. The lowest BCUT2D eigenvalue weighted by molar-refractivity contribution is -0.122. The fourth-order valence-electron chi connectivity index (χ4n) is 2.40. The van der Waals surface area contributed by atoms with Gasteiger partial charge in [0.05, 0.1) is 6.61 Å². The molecule has 2 N–H and O–H groups in total. The number of aliphatic hydroxyl groups excluding tert-OH is 1. The van der Waals surface area contributed by atoms with Crippen LogP contribution in [0.1, 0.15) is 25.7 Å². The SMILES string of the molecule is O=C(Cn1cccn1)NCC1(CO)CCCC1. The summed E-state index contributed by atoms with van der Waals surface area (Å²) in [5.41, 5.74) is -0.0836. The van der Waals surface area contributed by atoms with Crippen LogP contribution in [0.25, 0.3) is 0 Å². The van der Waals surface area contributed by atoms with E-state index in [4.69, 9.17) is 0 Å². The molecule has 0 bridgehead atoms. The maximum atomic E-state index is 11.7. The van der Waals surface area contributed by atoms with Gasteiger partial charge in [0.1, 0.15) is 6.54 Å². The molecule has 94 valence electrons. The lowest BCUT2D eigenvalue weighted by Gasteiger charge is -2.26. The number of aliphatic hydroxyl groups is 1. The summed E-state index contributed by atoms with van der Waals surface area (Å²) in [6, 6.07) is 1.79. The zero-order valence-corrected chi connectivity index (χ0v) is 9.93. The first-order chi connectivity index (χ1) is 8.24. The van der Waals surface area contributed by atoms with Crippen molar-refractivity contribution >= 4 is 5.91 Å². The van der Waals surface area contributed by atoms with E-state index in [9.17, 15) is 9.90 Å². The van der Waals surface area contributed by atoms with Gasteiger partial charge in [-0.1, -0.05) is 12.8 Å². The van der Waals surface area contributed by atoms with Crippen LogP contribution in [-0.4, -0.2) is 33.9 Å². The maximum absolute atomic E-state index is 11.7. The molecular weight excluding hydrogens is 218 g/mol. The van der Waals surface area contributed by atoms with Crippen LogP contribution in [0.2, 0.25) is 0 Å². The van der Waals surface area contributed by atoms with Crippen molar-refractivity contribution in [3.63, 3.8) is 0 Å². The van der Waals surface area contributed by atoms with Crippen LogP contribution in [0.4, 0.5) is 0 Å². The average molecular weight is 237 g/mol. The number of hydrogen-bond acceptors (Lipinski definition) is 3. The van der Waals surface area contributed by atoms with E-state index in [1.54, 1.807) is 23.1 Å². The number of amides is 1. The zero-order valence-electron chi connectivity index (χ0n) is 9.93. The normalized spacial score (nSPS) is 18.2. The molecule has 1 aliphatic carbocycles. The molecule has 0 aromatic carbocycles. The van der Waals surface area contributed by atoms with Crippen molar-refractivity contribution in [1.29, 1.82) is 0 Å². The molecule has 0 spiro atoms. The molecule has 5 nitrogen and oxygen atoms in total. The number of nitrogens with zero attached hydrogens (tertiary/aromatic N) is 2. The summed E-state index contributed by atoms with van der Waals surface area (Å²) >= 11 is 0. The van der Waals surface area contributed by atoms with Crippen LogP contribution in [-0.2, 0) is 11.3 Å². The molecular formula is C12H19N3O2. The topological polar surface area (TPSA) is 67.2 Å². The van der Waals surface area contributed by atoms with E-state index >= 15 is 0 Å². The molecule has 17 heavy (non-hydrogen) atoms. The van der Waals surface area contributed by atoms with Gasteiger partial charge in [0.25, 0.3) is 0 Å². The van der Waals surface area contributed by atoms with E-state index in [1.807, 2.05) is 0 Å². The molecule has 0 atom stereocenters. The van der Waals surface area contributed by atoms with Gasteiger partial charge in [-0.25, -0.2) is 0 Å². The fraction of sp³-hybridized carbons (Fsp3) is 0.667. The van der Waals surface area contributed by atoms with E-state index in [2.05, 4.69) is 10.4 Å². The second kappa shape index (κ2) is 5.31. The largest absolute Gasteiger partial charge is 0.396 e. The van der Waals surface area contributed by atoms with Gasteiger partial charge in [0.15, 0.2) is 0 Å². The van der Waals surface area contributed by atoms with Crippen LogP contribution in [0.15, 0.2) is 18.5 Å². The molecule has 1 saturated carbocycles. The minimum atomic E-state index is -0.0836. The number of nitrogens with one attached hydrogen (secondary N) is 1. The Hall–Kier alpha value is -1.36. The van der Waals surface area contributed by atoms with E-state index in [0.717, 1.165) is 25.7 Å². The number of carbonyl (C=O) groups excluding carboxylic acids is 1. The third-order valence-corrected chi connectivity index (χ3v) is 3.52. The molecule has 2 rings (SSSR count). The first-order valence-electron chi connectivity index (χ1n) is 6.09. The Morgan fingerprint density at radius 2 is 2.24 bits per heavy atom. The monoisotopic (exact) mass is 237 g/mol. The van der Waals surface area contributed by atoms with E-state index in [1.165, 1.54) is 0 Å². The molecule has 0 radical (unpaired) electrons. The Balaban J connectivity index is 1.79. The van der Waals surface area contributed by atoms with Crippen LogP contribution in [0, 0.1) is 5.41 Å². The Labute approximate surface area is 101 Å². The minimum Gasteiger partial charge on any atom is -0.396 e. The molecule has 1 aromatic rings. The quantitative estimate of drug-likeness (QED) is 0.786. The summed E-state index contributed by atoms with van der Waals surface area (Å²) in [5.74, 6) is -0.0478. The summed E-state index contributed by atoms with van der Waals surface area (Å²) in [7, 11) is 0. The van der Waals surface area contributed by atoms with E-state index < -0.39 is 0 Å². The molecule has 5 heteroatoms. The summed E-state index contributed by atoms with van der Waals surface area (Å²) in [5, 5.41) is 16.3. The highest BCUT2D eigenvalue weighted by Gasteiger charge is 2.33. The van der Waals surface area contributed by atoms with Crippen molar-refractivity contribution in [2.24, 2.45) is 5.41 Å². The number of aromatic nitrogens is 2. The average Bonchev–Trinajstić information content (AvgIpc) is 2.98. The van der Waals surface area contributed by atoms with Crippen LogP contribution < -0.4 is 5.32 Å². The molecule has 1 heterocycles. The summed E-state index contributed by atoms with van der Waals surface area (Å²) in [6.07, 6.45) is 7.72. The predicted molar refractivity (Wildman–Crippen MR) is 63.2 cm³/mol. The van der Waals surface area contributed by atoms with Gasteiger partial charge < -0.3 is 10.4 Å². The number of rotatable bonds is 5. The number of carbonyl (C=O) groups is 1. The first kappa shape index (κ1) is 12.1. The zero-order chi connectivity index (χ0) is 12.1. The Morgan fingerprint density at radius 3 is 2.82 bits per heavy atom. The van der Waals surface area contributed by atoms with Gasteiger partial charge >= 0.3 is 0 Å². The third-order valence-electron chi connectivity index (χ3n) is 3.52. The Kier molecular flexibility index (Phi) is 3.78. The van der Waals surface area contributed by atoms with Gasteiger partial charge in [-0.2, -0.15) is 5.10 Å². The lowest BCUT2D eigenvalue weighted by Crippen LogP contribution is -2.39. The molecule has 0 saturated heterocycles. The molecule has 0 aliphatic heterocycles. The summed E-state index contributed by atoms with van der Waals surface area (Å²) in [4.78, 5) is 11.7. The number of hydrogen-bond donors (Lipinski definition) is 2. The van der Waals surface area contributed by atoms with Gasteiger partial charge in [-0.05, 0) is 18.9 Å². The second-order valence-corrected chi connectivity index (χ2v) is 4.85. The molecule has 1 aliphatic rings. The highest BCUT2D eigenvalue weighted by molar-refractivity contribution is 5.75.